The molecule has 0 aliphatic carbocycles. The zero-order chi connectivity index (χ0) is 21.3. The molecule has 0 saturated carbocycles. The van der Waals surface area contributed by atoms with Crippen LogP contribution in [0.15, 0.2) is 47.5 Å². The highest BCUT2D eigenvalue weighted by Crippen LogP contribution is 2.31. The van der Waals surface area contributed by atoms with Crippen molar-refractivity contribution in [3.05, 3.63) is 73.3 Å². The highest BCUT2D eigenvalue weighted by atomic mass is 35.5. The Morgan fingerprint density at radius 1 is 1.07 bits per heavy atom. The zero-order valence-electron chi connectivity index (χ0n) is 17.2. The molecule has 2 aromatic carbocycles. The van der Waals surface area contributed by atoms with Gasteiger partial charge in [0.05, 0.1) is 15.7 Å². The van der Waals surface area contributed by atoms with Crippen molar-refractivity contribution in [2.75, 3.05) is 0 Å². The van der Waals surface area contributed by atoms with E-state index in [0.717, 1.165) is 16.1 Å². The molecule has 0 fully saturated rings. The molecule has 3 nitrogen and oxygen atoms in total. The van der Waals surface area contributed by atoms with Crippen LogP contribution in [0.1, 0.15) is 48.5 Å². The van der Waals surface area contributed by atoms with E-state index in [0.29, 0.717) is 27.0 Å². The van der Waals surface area contributed by atoms with E-state index in [1.807, 2.05) is 54.8 Å². The number of rotatable bonds is 3. The van der Waals surface area contributed by atoms with Crippen LogP contribution in [0.3, 0.4) is 0 Å². The van der Waals surface area contributed by atoms with Gasteiger partial charge in [0, 0.05) is 22.5 Å². The van der Waals surface area contributed by atoms with Crippen LogP contribution in [0.2, 0.25) is 10.0 Å². The number of hydrogen-bond donors (Lipinski definition) is 0. The lowest BCUT2D eigenvalue weighted by molar-refractivity contribution is 0.0997. The van der Waals surface area contributed by atoms with Gasteiger partial charge in [-0.2, -0.15) is 4.99 Å². The van der Waals surface area contributed by atoms with Crippen LogP contribution in [0.5, 0.6) is 0 Å². The van der Waals surface area contributed by atoms with Crippen molar-refractivity contribution in [1.29, 1.82) is 0 Å². The molecule has 0 aliphatic rings. The number of thiazole rings is 1. The fourth-order valence-electron chi connectivity index (χ4n) is 3.17. The first-order valence-corrected chi connectivity index (χ1v) is 11.0. The molecule has 1 aromatic heterocycles. The van der Waals surface area contributed by atoms with E-state index in [1.54, 1.807) is 6.07 Å². The predicted molar refractivity (Wildman–Crippen MR) is 123 cm³/mol. The maximum Gasteiger partial charge on any atom is 0.279 e. The molecule has 3 aromatic rings. The lowest BCUT2D eigenvalue weighted by Crippen LogP contribution is -2.17. The number of hydrogen-bond acceptors (Lipinski definition) is 2. The highest BCUT2D eigenvalue weighted by Gasteiger charge is 2.16. The Morgan fingerprint density at radius 2 is 1.72 bits per heavy atom. The van der Waals surface area contributed by atoms with E-state index in [4.69, 9.17) is 23.2 Å². The third-order valence-corrected chi connectivity index (χ3v) is 6.52. The maximum atomic E-state index is 12.8. The maximum absolute atomic E-state index is 12.8. The van der Waals surface area contributed by atoms with Crippen molar-refractivity contribution in [3.8, 4) is 11.3 Å². The summed E-state index contributed by atoms with van der Waals surface area (Å²) in [5.74, 6) is -0.241. The molecule has 0 radical (unpaired) electrons. The average Bonchev–Trinajstić information content (AvgIpc) is 2.98. The van der Waals surface area contributed by atoms with Crippen molar-refractivity contribution < 1.29 is 4.79 Å². The Balaban J connectivity index is 2.03. The van der Waals surface area contributed by atoms with Gasteiger partial charge >= 0.3 is 0 Å². The van der Waals surface area contributed by atoms with Crippen molar-refractivity contribution >= 4 is 40.4 Å². The average molecular weight is 447 g/mol. The minimum atomic E-state index is -0.241. The number of halogens is 2. The number of carbonyl (C=O) groups is 1. The fraction of sp³-hybridized carbons (Fsp3) is 0.304. The second-order valence-corrected chi connectivity index (χ2v) is 9.90. The molecule has 0 aliphatic heterocycles. The molecular formula is C23H24Cl2N2OS. The SMILES string of the molecule is CCn1c(-c2ccc(Cl)c(Cl)c2)c(C)sc1=NC(=O)c1ccc(C(C)(C)C)cc1. The third-order valence-electron chi connectivity index (χ3n) is 4.78. The van der Waals surface area contributed by atoms with Crippen LogP contribution >= 0.6 is 34.5 Å². The van der Waals surface area contributed by atoms with E-state index in [2.05, 4.69) is 25.8 Å². The fourth-order valence-corrected chi connectivity index (χ4v) is 4.53. The normalized spacial score (nSPS) is 12.4. The first kappa shape index (κ1) is 21.8. The van der Waals surface area contributed by atoms with Crippen molar-refractivity contribution in [2.24, 2.45) is 4.99 Å². The number of amides is 1. The molecule has 152 valence electrons. The Hall–Kier alpha value is -1.88. The molecule has 0 unspecified atom stereocenters. The summed E-state index contributed by atoms with van der Waals surface area (Å²) in [7, 11) is 0. The number of carbonyl (C=O) groups excluding carboxylic acids is 1. The summed E-state index contributed by atoms with van der Waals surface area (Å²) < 4.78 is 2.04. The summed E-state index contributed by atoms with van der Waals surface area (Å²) in [6.45, 7) is 11.2. The molecule has 29 heavy (non-hydrogen) atoms. The van der Waals surface area contributed by atoms with E-state index < -0.39 is 0 Å². The van der Waals surface area contributed by atoms with E-state index >= 15 is 0 Å². The molecule has 6 heteroatoms. The number of aryl methyl sites for hydroxylation is 1. The minimum Gasteiger partial charge on any atom is -0.316 e. The van der Waals surface area contributed by atoms with Gasteiger partial charge in [0.15, 0.2) is 4.80 Å². The Kier molecular flexibility index (Phi) is 6.37. The first-order valence-electron chi connectivity index (χ1n) is 9.47. The van der Waals surface area contributed by atoms with Gasteiger partial charge in [-0.25, -0.2) is 0 Å². The van der Waals surface area contributed by atoms with Gasteiger partial charge in [-0.15, -0.1) is 11.3 Å². The molecule has 0 spiro atoms. The van der Waals surface area contributed by atoms with E-state index in [9.17, 15) is 4.79 Å². The third kappa shape index (κ3) is 4.66. The summed E-state index contributed by atoms with van der Waals surface area (Å²) >= 11 is 13.8. The van der Waals surface area contributed by atoms with Crippen LogP contribution in [-0.2, 0) is 12.0 Å². The second kappa shape index (κ2) is 8.47. The Morgan fingerprint density at radius 3 is 2.28 bits per heavy atom. The van der Waals surface area contributed by atoms with Crippen LogP contribution < -0.4 is 4.80 Å². The van der Waals surface area contributed by atoms with Crippen LogP contribution in [0.25, 0.3) is 11.3 Å². The Bertz CT molecular complexity index is 1120. The van der Waals surface area contributed by atoms with Crippen molar-refractivity contribution in [3.63, 3.8) is 0 Å². The number of nitrogens with zero attached hydrogens (tertiary/aromatic N) is 2. The summed E-state index contributed by atoms with van der Waals surface area (Å²) in [5.41, 5.74) is 3.78. The summed E-state index contributed by atoms with van der Waals surface area (Å²) in [6.07, 6.45) is 0. The smallest absolute Gasteiger partial charge is 0.279 e. The van der Waals surface area contributed by atoms with Crippen molar-refractivity contribution in [1.82, 2.24) is 4.57 Å². The van der Waals surface area contributed by atoms with E-state index in [1.165, 1.54) is 16.9 Å². The summed E-state index contributed by atoms with van der Waals surface area (Å²) in [6, 6.07) is 13.3. The van der Waals surface area contributed by atoms with Gasteiger partial charge in [-0.3, -0.25) is 4.79 Å². The van der Waals surface area contributed by atoms with Gasteiger partial charge < -0.3 is 4.57 Å². The summed E-state index contributed by atoms with van der Waals surface area (Å²) in [4.78, 5) is 19.0. The number of aromatic nitrogens is 1. The molecule has 0 atom stereocenters. The highest BCUT2D eigenvalue weighted by molar-refractivity contribution is 7.09. The van der Waals surface area contributed by atoms with Gasteiger partial charge in [0.1, 0.15) is 0 Å². The largest absolute Gasteiger partial charge is 0.316 e. The van der Waals surface area contributed by atoms with Crippen LogP contribution in [0.4, 0.5) is 0 Å². The van der Waals surface area contributed by atoms with Gasteiger partial charge in [0.2, 0.25) is 0 Å². The second-order valence-electron chi connectivity index (χ2n) is 7.91. The quantitative estimate of drug-likeness (QED) is 0.431. The summed E-state index contributed by atoms with van der Waals surface area (Å²) in [5, 5.41) is 1.02. The molecular weight excluding hydrogens is 423 g/mol. The van der Waals surface area contributed by atoms with Crippen molar-refractivity contribution in [2.45, 2.75) is 46.6 Å². The molecule has 1 heterocycles. The van der Waals surface area contributed by atoms with Crippen LogP contribution in [-0.4, -0.2) is 10.5 Å². The molecule has 0 bridgehead atoms. The van der Waals surface area contributed by atoms with Crippen LogP contribution in [0, 0.1) is 6.92 Å². The Labute approximate surface area is 185 Å². The standard InChI is InChI=1S/C23H24Cl2N2OS/c1-6-27-20(16-9-12-18(24)19(25)13-16)14(2)29-22(27)26-21(28)15-7-10-17(11-8-15)23(3,4)5/h7-13H,6H2,1-5H3. The lowest BCUT2D eigenvalue weighted by atomic mass is 9.87. The number of benzene rings is 2. The zero-order valence-corrected chi connectivity index (χ0v) is 19.5. The minimum absolute atomic E-state index is 0.0452. The molecule has 0 saturated heterocycles. The first-order chi connectivity index (χ1) is 13.6. The van der Waals surface area contributed by atoms with E-state index in [-0.39, 0.29) is 11.3 Å². The molecule has 0 N–H and O–H groups in total. The topological polar surface area (TPSA) is 34.4 Å². The van der Waals surface area contributed by atoms with Gasteiger partial charge in [-0.05, 0) is 49.1 Å². The van der Waals surface area contributed by atoms with Gasteiger partial charge in [-0.1, -0.05) is 62.2 Å². The molecule has 3 rings (SSSR count). The lowest BCUT2D eigenvalue weighted by Gasteiger charge is -2.18. The molecule has 1 amide bonds. The monoisotopic (exact) mass is 446 g/mol. The predicted octanol–water partition coefficient (Wildman–Crippen LogP) is 6.89. The van der Waals surface area contributed by atoms with Gasteiger partial charge in [0.25, 0.3) is 5.91 Å².